The summed E-state index contributed by atoms with van der Waals surface area (Å²) in [7, 11) is 1.70. The molecule has 0 N–H and O–H groups in total. The average molecular weight is 286 g/mol. The van der Waals surface area contributed by atoms with Gasteiger partial charge < -0.3 is 9.64 Å². The Hall–Kier alpha value is -0.700. The normalized spacial score (nSPS) is 11.0. The van der Waals surface area contributed by atoms with Gasteiger partial charge in [-0.2, -0.15) is 0 Å². The van der Waals surface area contributed by atoms with Gasteiger partial charge in [0, 0.05) is 28.3 Å². The van der Waals surface area contributed by atoms with Gasteiger partial charge in [0.1, 0.15) is 5.75 Å². The summed E-state index contributed by atoms with van der Waals surface area (Å²) < 4.78 is 6.34. The predicted molar refractivity (Wildman–Crippen MR) is 73.4 cm³/mol. The maximum atomic E-state index is 5.29. The zero-order valence-electron chi connectivity index (χ0n) is 10.6. The van der Waals surface area contributed by atoms with E-state index >= 15 is 0 Å². The second kappa shape index (κ2) is 5.58. The van der Waals surface area contributed by atoms with Gasteiger partial charge in [-0.3, -0.25) is 0 Å². The Morgan fingerprint density at radius 3 is 2.06 bits per heavy atom. The fraction of sp³-hybridized carbons (Fsp3) is 0.538. The first-order chi connectivity index (χ1) is 7.45. The minimum absolute atomic E-state index is 0.471. The third kappa shape index (κ3) is 3.14. The van der Waals surface area contributed by atoms with Crippen LogP contribution in [0.25, 0.3) is 0 Å². The minimum Gasteiger partial charge on any atom is -0.497 e. The van der Waals surface area contributed by atoms with Gasteiger partial charge in [-0.25, -0.2) is 0 Å². The summed E-state index contributed by atoms with van der Waals surface area (Å²) in [5.74, 6) is 0.885. The number of nitrogens with zero attached hydrogens (tertiary/aromatic N) is 1. The van der Waals surface area contributed by atoms with Crippen LogP contribution >= 0.6 is 15.9 Å². The number of rotatable bonds is 4. The van der Waals surface area contributed by atoms with Crippen molar-refractivity contribution in [2.75, 3.05) is 12.0 Å². The summed E-state index contributed by atoms with van der Waals surface area (Å²) in [5.41, 5.74) is 1.19. The molecule has 0 saturated carbocycles. The average Bonchev–Trinajstić information content (AvgIpc) is 2.15. The molecule has 16 heavy (non-hydrogen) atoms. The third-order valence-electron chi connectivity index (χ3n) is 2.50. The number of hydrogen-bond donors (Lipinski definition) is 0. The predicted octanol–water partition coefficient (Wildman–Crippen LogP) is 4.08. The largest absolute Gasteiger partial charge is 0.497 e. The number of hydrogen-bond acceptors (Lipinski definition) is 2. The van der Waals surface area contributed by atoms with E-state index in [-0.39, 0.29) is 0 Å². The molecule has 0 aliphatic heterocycles. The van der Waals surface area contributed by atoms with Crippen LogP contribution in [0.5, 0.6) is 5.75 Å². The standard InChI is InChI=1S/C13H20BrNO/c1-9(2)15(10(3)4)12-6-11(14)7-13(8-12)16-5/h6-10H,1-5H3. The molecule has 0 fully saturated rings. The van der Waals surface area contributed by atoms with Crippen molar-refractivity contribution in [1.82, 2.24) is 0 Å². The van der Waals surface area contributed by atoms with Crippen molar-refractivity contribution < 1.29 is 4.74 Å². The van der Waals surface area contributed by atoms with Crippen LogP contribution in [-0.2, 0) is 0 Å². The van der Waals surface area contributed by atoms with E-state index < -0.39 is 0 Å². The third-order valence-corrected chi connectivity index (χ3v) is 2.96. The molecule has 0 aromatic heterocycles. The summed E-state index contributed by atoms with van der Waals surface area (Å²) in [5, 5.41) is 0. The molecule has 0 bridgehead atoms. The van der Waals surface area contributed by atoms with E-state index in [4.69, 9.17) is 4.74 Å². The highest BCUT2D eigenvalue weighted by Crippen LogP contribution is 2.29. The number of ether oxygens (including phenoxy) is 1. The zero-order chi connectivity index (χ0) is 12.3. The Bertz CT molecular complexity index is 342. The summed E-state index contributed by atoms with van der Waals surface area (Å²) in [6.45, 7) is 8.81. The second-order valence-electron chi connectivity index (χ2n) is 4.44. The van der Waals surface area contributed by atoms with Gasteiger partial charge in [0.25, 0.3) is 0 Å². The van der Waals surface area contributed by atoms with Crippen molar-refractivity contribution in [3.63, 3.8) is 0 Å². The van der Waals surface area contributed by atoms with E-state index in [2.05, 4.69) is 60.7 Å². The number of methoxy groups -OCH3 is 1. The number of benzene rings is 1. The van der Waals surface area contributed by atoms with Crippen molar-refractivity contribution in [1.29, 1.82) is 0 Å². The Morgan fingerprint density at radius 2 is 1.62 bits per heavy atom. The SMILES string of the molecule is COc1cc(Br)cc(N(C(C)C)C(C)C)c1. The van der Waals surface area contributed by atoms with Gasteiger partial charge in [-0.1, -0.05) is 15.9 Å². The van der Waals surface area contributed by atoms with Crippen LogP contribution in [0.1, 0.15) is 27.7 Å². The Labute approximate surface area is 107 Å². The lowest BCUT2D eigenvalue weighted by atomic mass is 10.2. The molecule has 0 radical (unpaired) electrons. The Morgan fingerprint density at radius 1 is 1.06 bits per heavy atom. The van der Waals surface area contributed by atoms with Gasteiger partial charge in [-0.05, 0) is 39.8 Å². The highest BCUT2D eigenvalue weighted by molar-refractivity contribution is 9.10. The first kappa shape index (κ1) is 13.4. The van der Waals surface area contributed by atoms with Crippen LogP contribution in [0, 0.1) is 0 Å². The molecule has 1 rings (SSSR count). The molecule has 0 atom stereocenters. The highest BCUT2D eigenvalue weighted by atomic mass is 79.9. The van der Waals surface area contributed by atoms with E-state index in [1.165, 1.54) is 5.69 Å². The van der Waals surface area contributed by atoms with Crippen molar-refractivity contribution in [2.24, 2.45) is 0 Å². The van der Waals surface area contributed by atoms with E-state index in [1.54, 1.807) is 7.11 Å². The Balaban J connectivity index is 3.13. The molecule has 90 valence electrons. The van der Waals surface area contributed by atoms with Crippen LogP contribution < -0.4 is 9.64 Å². The van der Waals surface area contributed by atoms with Gasteiger partial charge in [0.05, 0.1) is 7.11 Å². The zero-order valence-corrected chi connectivity index (χ0v) is 12.2. The molecule has 0 heterocycles. The van der Waals surface area contributed by atoms with Crippen molar-refractivity contribution in [2.45, 2.75) is 39.8 Å². The van der Waals surface area contributed by atoms with Crippen LogP contribution in [0.3, 0.4) is 0 Å². The van der Waals surface area contributed by atoms with E-state index in [0.717, 1.165) is 10.2 Å². The Kier molecular flexibility index (Phi) is 4.66. The van der Waals surface area contributed by atoms with Crippen molar-refractivity contribution >= 4 is 21.6 Å². The van der Waals surface area contributed by atoms with E-state index in [1.807, 2.05) is 6.07 Å². The first-order valence-corrected chi connectivity index (χ1v) is 6.38. The summed E-state index contributed by atoms with van der Waals surface area (Å²) in [4.78, 5) is 2.37. The van der Waals surface area contributed by atoms with Gasteiger partial charge >= 0.3 is 0 Å². The van der Waals surface area contributed by atoms with Crippen molar-refractivity contribution in [3.8, 4) is 5.75 Å². The molecule has 3 heteroatoms. The van der Waals surface area contributed by atoms with Crippen LogP contribution in [0.4, 0.5) is 5.69 Å². The second-order valence-corrected chi connectivity index (χ2v) is 5.36. The topological polar surface area (TPSA) is 12.5 Å². The van der Waals surface area contributed by atoms with Gasteiger partial charge in [0.2, 0.25) is 0 Å². The molecule has 0 aliphatic rings. The molecule has 0 spiro atoms. The van der Waals surface area contributed by atoms with E-state index in [9.17, 15) is 0 Å². The molecule has 0 aliphatic carbocycles. The maximum absolute atomic E-state index is 5.29. The van der Waals surface area contributed by atoms with Gasteiger partial charge in [-0.15, -0.1) is 0 Å². The van der Waals surface area contributed by atoms with Crippen LogP contribution in [0.15, 0.2) is 22.7 Å². The lowest BCUT2D eigenvalue weighted by Gasteiger charge is -2.33. The highest BCUT2D eigenvalue weighted by Gasteiger charge is 2.15. The number of anilines is 1. The maximum Gasteiger partial charge on any atom is 0.122 e. The van der Waals surface area contributed by atoms with Crippen LogP contribution in [0.2, 0.25) is 0 Å². The summed E-state index contributed by atoms with van der Waals surface area (Å²) >= 11 is 3.51. The van der Waals surface area contributed by atoms with E-state index in [0.29, 0.717) is 12.1 Å². The fourth-order valence-electron chi connectivity index (χ4n) is 2.01. The fourth-order valence-corrected chi connectivity index (χ4v) is 2.47. The summed E-state index contributed by atoms with van der Waals surface area (Å²) in [6.07, 6.45) is 0. The smallest absolute Gasteiger partial charge is 0.122 e. The van der Waals surface area contributed by atoms with Crippen molar-refractivity contribution in [3.05, 3.63) is 22.7 Å². The molecule has 0 amide bonds. The quantitative estimate of drug-likeness (QED) is 0.827. The minimum atomic E-state index is 0.471. The van der Waals surface area contributed by atoms with Gasteiger partial charge in [0.15, 0.2) is 0 Å². The monoisotopic (exact) mass is 285 g/mol. The number of halogens is 1. The molecule has 0 unspecified atom stereocenters. The molecule has 1 aromatic carbocycles. The van der Waals surface area contributed by atoms with Crippen LogP contribution in [-0.4, -0.2) is 19.2 Å². The molecule has 1 aromatic rings. The molecule has 2 nitrogen and oxygen atoms in total. The molecular weight excluding hydrogens is 266 g/mol. The molecular formula is C13H20BrNO. The first-order valence-electron chi connectivity index (χ1n) is 5.58. The lowest BCUT2D eigenvalue weighted by molar-refractivity contribution is 0.414. The summed E-state index contributed by atoms with van der Waals surface area (Å²) in [6, 6.07) is 7.12. The lowest BCUT2D eigenvalue weighted by Crippen LogP contribution is -2.36. The molecule has 0 saturated heterocycles.